The van der Waals surface area contributed by atoms with Crippen molar-refractivity contribution in [1.82, 2.24) is 0 Å². The molecule has 0 bridgehead atoms. The molecule has 14 heavy (non-hydrogen) atoms. The molecule has 0 aliphatic carbocycles. The molecule has 0 atom stereocenters. The molecule has 0 saturated carbocycles. The zero-order valence-electron chi connectivity index (χ0n) is 8.12. The number of furan rings is 1. The lowest BCUT2D eigenvalue weighted by atomic mass is 10.1. The van der Waals surface area contributed by atoms with Crippen molar-refractivity contribution in [2.75, 3.05) is 12.3 Å². The monoisotopic (exact) mass is 191 g/mol. The minimum absolute atomic E-state index is 0.553. The van der Waals surface area contributed by atoms with Crippen molar-refractivity contribution in [2.24, 2.45) is 0 Å². The Labute approximate surface area is 82.5 Å². The first-order valence-electron chi connectivity index (χ1n) is 4.65. The van der Waals surface area contributed by atoms with Gasteiger partial charge in [0.15, 0.2) is 0 Å². The first-order chi connectivity index (χ1) is 6.83. The van der Waals surface area contributed by atoms with Gasteiger partial charge < -0.3 is 14.9 Å². The second-order valence-electron chi connectivity index (χ2n) is 3.12. The number of nitrogens with two attached hydrogens (primary N) is 1. The van der Waals surface area contributed by atoms with E-state index in [9.17, 15) is 0 Å². The van der Waals surface area contributed by atoms with Crippen molar-refractivity contribution < 1.29 is 9.15 Å². The van der Waals surface area contributed by atoms with Crippen LogP contribution in [0.5, 0.6) is 0 Å². The van der Waals surface area contributed by atoms with Crippen LogP contribution in [-0.4, -0.2) is 6.61 Å². The molecule has 0 saturated heterocycles. The number of benzene rings is 1. The van der Waals surface area contributed by atoms with Gasteiger partial charge in [-0.15, -0.1) is 0 Å². The smallest absolute Gasteiger partial charge is 0.136 e. The summed E-state index contributed by atoms with van der Waals surface area (Å²) in [6.07, 6.45) is 1.71. The van der Waals surface area contributed by atoms with Gasteiger partial charge in [0.25, 0.3) is 0 Å². The fourth-order valence-corrected chi connectivity index (χ4v) is 1.50. The van der Waals surface area contributed by atoms with Gasteiger partial charge in [0, 0.05) is 23.2 Å². The Kier molecular flexibility index (Phi) is 2.41. The number of anilines is 1. The van der Waals surface area contributed by atoms with Crippen LogP contribution >= 0.6 is 0 Å². The van der Waals surface area contributed by atoms with Crippen molar-refractivity contribution in [1.29, 1.82) is 0 Å². The lowest BCUT2D eigenvalue weighted by Gasteiger charge is -2.00. The minimum Gasteiger partial charge on any atom is -0.464 e. The van der Waals surface area contributed by atoms with Gasteiger partial charge in [-0.3, -0.25) is 0 Å². The molecule has 0 fully saturated rings. The first-order valence-corrected chi connectivity index (χ1v) is 4.65. The van der Waals surface area contributed by atoms with E-state index in [1.165, 1.54) is 0 Å². The van der Waals surface area contributed by atoms with Crippen LogP contribution in [0, 0.1) is 0 Å². The Bertz CT molecular complexity index is 434. The third-order valence-corrected chi connectivity index (χ3v) is 2.17. The van der Waals surface area contributed by atoms with Crippen molar-refractivity contribution >= 4 is 16.7 Å². The molecular formula is C11H13NO2. The summed E-state index contributed by atoms with van der Waals surface area (Å²) in [6, 6.07) is 5.65. The average Bonchev–Trinajstić information content (AvgIpc) is 2.59. The summed E-state index contributed by atoms with van der Waals surface area (Å²) < 4.78 is 10.7. The van der Waals surface area contributed by atoms with Gasteiger partial charge in [0.05, 0.1) is 12.9 Å². The number of nitrogen functional groups attached to an aromatic ring is 1. The van der Waals surface area contributed by atoms with E-state index in [4.69, 9.17) is 14.9 Å². The highest BCUT2D eigenvalue weighted by Crippen LogP contribution is 2.27. The van der Waals surface area contributed by atoms with E-state index in [2.05, 4.69) is 0 Å². The van der Waals surface area contributed by atoms with Crippen molar-refractivity contribution in [2.45, 2.75) is 13.5 Å². The maximum absolute atomic E-state index is 5.86. The number of rotatable bonds is 3. The van der Waals surface area contributed by atoms with E-state index in [0.717, 1.165) is 22.2 Å². The molecule has 1 aromatic heterocycles. The summed E-state index contributed by atoms with van der Waals surface area (Å²) in [5.74, 6) is 0. The fourth-order valence-electron chi connectivity index (χ4n) is 1.50. The topological polar surface area (TPSA) is 48.4 Å². The summed E-state index contributed by atoms with van der Waals surface area (Å²) in [5, 5.41) is 0.973. The van der Waals surface area contributed by atoms with Crippen LogP contribution in [-0.2, 0) is 11.3 Å². The molecule has 3 nitrogen and oxygen atoms in total. The molecule has 0 aliphatic heterocycles. The van der Waals surface area contributed by atoms with E-state index < -0.39 is 0 Å². The molecule has 1 heterocycles. The van der Waals surface area contributed by atoms with E-state index in [1.807, 2.05) is 25.1 Å². The van der Waals surface area contributed by atoms with Gasteiger partial charge in [-0.25, -0.2) is 0 Å². The summed E-state index contributed by atoms with van der Waals surface area (Å²) in [6.45, 7) is 3.21. The lowest BCUT2D eigenvalue weighted by molar-refractivity contribution is 0.134. The second-order valence-corrected chi connectivity index (χ2v) is 3.12. The highest BCUT2D eigenvalue weighted by molar-refractivity contribution is 5.92. The minimum atomic E-state index is 0.553. The number of hydrogen-bond acceptors (Lipinski definition) is 3. The molecule has 0 unspecified atom stereocenters. The van der Waals surface area contributed by atoms with Crippen molar-refractivity contribution in [3.63, 3.8) is 0 Å². The van der Waals surface area contributed by atoms with Gasteiger partial charge in [0.1, 0.15) is 5.58 Å². The summed E-state index contributed by atoms with van der Waals surface area (Å²) in [5.41, 5.74) is 8.43. The molecule has 2 rings (SSSR count). The average molecular weight is 191 g/mol. The molecular weight excluding hydrogens is 178 g/mol. The SMILES string of the molecule is CCOCc1coc2cccc(N)c12. The van der Waals surface area contributed by atoms with E-state index in [-0.39, 0.29) is 0 Å². The van der Waals surface area contributed by atoms with Gasteiger partial charge >= 0.3 is 0 Å². The van der Waals surface area contributed by atoms with Crippen molar-refractivity contribution in [3.05, 3.63) is 30.0 Å². The lowest BCUT2D eigenvalue weighted by Crippen LogP contribution is -1.92. The normalized spacial score (nSPS) is 10.9. The predicted octanol–water partition coefficient (Wildman–Crippen LogP) is 2.55. The second kappa shape index (κ2) is 3.72. The zero-order chi connectivity index (χ0) is 9.97. The molecule has 2 aromatic rings. The molecule has 0 amide bonds. The van der Waals surface area contributed by atoms with Crippen LogP contribution in [0.4, 0.5) is 5.69 Å². The molecule has 2 N–H and O–H groups in total. The Hall–Kier alpha value is -1.48. The Balaban J connectivity index is 2.45. The van der Waals surface area contributed by atoms with E-state index >= 15 is 0 Å². The quantitative estimate of drug-likeness (QED) is 0.758. The Morgan fingerprint density at radius 1 is 1.43 bits per heavy atom. The highest BCUT2D eigenvalue weighted by atomic mass is 16.5. The molecule has 1 aromatic carbocycles. The third-order valence-electron chi connectivity index (χ3n) is 2.17. The maximum atomic E-state index is 5.86. The Morgan fingerprint density at radius 3 is 3.07 bits per heavy atom. The van der Waals surface area contributed by atoms with Crippen LogP contribution in [0.25, 0.3) is 11.0 Å². The summed E-state index contributed by atoms with van der Waals surface area (Å²) in [4.78, 5) is 0. The van der Waals surface area contributed by atoms with Crippen LogP contribution in [0.3, 0.4) is 0 Å². The van der Waals surface area contributed by atoms with E-state index in [0.29, 0.717) is 13.2 Å². The highest BCUT2D eigenvalue weighted by Gasteiger charge is 2.07. The largest absolute Gasteiger partial charge is 0.464 e. The summed E-state index contributed by atoms with van der Waals surface area (Å²) in [7, 11) is 0. The molecule has 0 radical (unpaired) electrons. The Morgan fingerprint density at radius 2 is 2.29 bits per heavy atom. The van der Waals surface area contributed by atoms with Crippen LogP contribution in [0.1, 0.15) is 12.5 Å². The molecule has 0 spiro atoms. The van der Waals surface area contributed by atoms with Gasteiger partial charge in [-0.1, -0.05) is 6.07 Å². The third kappa shape index (κ3) is 1.46. The maximum Gasteiger partial charge on any atom is 0.136 e. The molecule has 74 valence electrons. The zero-order valence-corrected chi connectivity index (χ0v) is 8.12. The first kappa shape index (κ1) is 9.09. The summed E-state index contributed by atoms with van der Waals surface area (Å²) >= 11 is 0. The van der Waals surface area contributed by atoms with Crippen LogP contribution < -0.4 is 5.73 Å². The number of fused-ring (bicyclic) bond motifs is 1. The molecule has 3 heteroatoms. The van der Waals surface area contributed by atoms with Crippen molar-refractivity contribution in [3.8, 4) is 0 Å². The number of ether oxygens (including phenoxy) is 1. The van der Waals surface area contributed by atoms with Crippen LogP contribution in [0.15, 0.2) is 28.9 Å². The standard InChI is InChI=1S/C11H13NO2/c1-2-13-6-8-7-14-10-5-3-4-9(12)11(8)10/h3-5,7H,2,6,12H2,1H3. The van der Waals surface area contributed by atoms with Gasteiger partial charge in [-0.2, -0.15) is 0 Å². The van der Waals surface area contributed by atoms with Crippen LogP contribution in [0.2, 0.25) is 0 Å². The fraction of sp³-hybridized carbons (Fsp3) is 0.273. The van der Waals surface area contributed by atoms with Gasteiger partial charge in [0.2, 0.25) is 0 Å². The van der Waals surface area contributed by atoms with Gasteiger partial charge in [-0.05, 0) is 19.1 Å². The van der Waals surface area contributed by atoms with E-state index in [1.54, 1.807) is 6.26 Å². The predicted molar refractivity (Wildman–Crippen MR) is 56.0 cm³/mol. The molecule has 0 aliphatic rings. The number of hydrogen-bond donors (Lipinski definition) is 1.